The second-order valence-electron chi connectivity index (χ2n) is 8.57. The fourth-order valence-electron chi connectivity index (χ4n) is 2.74. The van der Waals surface area contributed by atoms with Crippen LogP contribution in [0.1, 0.15) is 12.5 Å². The molecule has 1 aliphatic heterocycles. The molecule has 1 aromatic rings. The molecular weight excluding hydrogens is 563 g/mol. The van der Waals surface area contributed by atoms with Crippen LogP contribution in [0.25, 0.3) is 0 Å². The maximum absolute atomic E-state index is 14.5. The first-order valence-corrected chi connectivity index (χ1v) is 15.8. The molecule has 0 saturated carbocycles. The van der Waals surface area contributed by atoms with Crippen LogP contribution in [0.3, 0.4) is 0 Å². The first kappa shape index (κ1) is 25.9. The van der Waals surface area contributed by atoms with Gasteiger partial charge in [0, 0.05) is 30.9 Å². The number of carbonyl (C=O) groups excluding carboxylic acids is 1. The highest BCUT2D eigenvalue weighted by Gasteiger charge is 2.44. The third-order valence-corrected chi connectivity index (χ3v) is 8.81. The fraction of sp³-hybridized carbons (Fsp3) is 0.556. The van der Waals surface area contributed by atoms with Crippen molar-refractivity contribution in [2.24, 2.45) is 4.99 Å². The van der Waals surface area contributed by atoms with E-state index in [0.29, 0.717) is 14.5 Å². The molecule has 0 aromatic heterocycles. The molecule has 0 aliphatic carbocycles. The largest absolute Gasteiger partial charge is 0.416 e. The Kier molecular flexibility index (Phi) is 8.08. The van der Waals surface area contributed by atoms with Crippen LogP contribution < -0.4 is 5.32 Å². The summed E-state index contributed by atoms with van der Waals surface area (Å²) in [5.74, 6) is -2.95. The second-order valence-corrected chi connectivity index (χ2v) is 17.4. The van der Waals surface area contributed by atoms with Crippen molar-refractivity contribution in [3.63, 3.8) is 0 Å². The number of hydrogen-bond acceptors (Lipinski definition) is 6. The zero-order valence-electron chi connectivity index (χ0n) is 18.0. The normalized spacial score (nSPS) is 20.9. The Morgan fingerprint density at radius 2 is 2.00 bits per heavy atom. The molecule has 0 saturated heterocycles. The molecule has 1 aliphatic rings. The van der Waals surface area contributed by atoms with Gasteiger partial charge in [0.05, 0.1) is 5.75 Å². The van der Waals surface area contributed by atoms with E-state index in [0.717, 1.165) is 19.2 Å². The van der Waals surface area contributed by atoms with Crippen molar-refractivity contribution >= 4 is 52.8 Å². The Balaban J connectivity index is 2.20. The van der Waals surface area contributed by atoms with E-state index in [1.54, 1.807) is 22.6 Å². The fourth-order valence-corrected chi connectivity index (χ4v) is 5.52. The molecule has 174 valence electrons. The molecule has 1 heterocycles. The summed E-state index contributed by atoms with van der Waals surface area (Å²) < 4.78 is 65.1. The van der Waals surface area contributed by atoms with Gasteiger partial charge in [0.1, 0.15) is 12.3 Å². The van der Waals surface area contributed by atoms with E-state index in [1.807, 2.05) is 0 Å². The van der Waals surface area contributed by atoms with Crippen LogP contribution in [0.4, 0.5) is 13.6 Å². The molecule has 1 aromatic carbocycles. The number of nitrogens with zero attached hydrogens (tertiary/aromatic N) is 2. The van der Waals surface area contributed by atoms with Crippen LogP contribution in [0.15, 0.2) is 17.1 Å². The molecule has 1 unspecified atom stereocenters. The summed E-state index contributed by atoms with van der Waals surface area (Å²) >= 11 is 1.79. The average molecular weight is 589 g/mol. The van der Waals surface area contributed by atoms with Gasteiger partial charge in [-0.3, -0.25) is 5.32 Å². The number of aliphatic imine (C=N–C) groups is 1. The van der Waals surface area contributed by atoms with E-state index in [-0.39, 0.29) is 12.3 Å². The molecule has 8 nitrogen and oxygen atoms in total. The van der Waals surface area contributed by atoms with Crippen molar-refractivity contribution in [2.75, 3.05) is 26.1 Å². The zero-order chi connectivity index (χ0) is 23.6. The molecule has 0 fully saturated rings. The lowest BCUT2D eigenvalue weighted by Crippen LogP contribution is -2.49. The monoisotopic (exact) mass is 589 g/mol. The van der Waals surface area contributed by atoms with Gasteiger partial charge in [-0.1, -0.05) is 19.6 Å². The van der Waals surface area contributed by atoms with Crippen LogP contribution in [0.2, 0.25) is 25.7 Å². The van der Waals surface area contributed by atoms with Crippen LogP contribution in [-0.4, -0.2) is 59.1 Å². The smallest absolute Gasteiger partial charge is 0.375 e. The Labute approximate surface area is 195 Å². The van der Waals surface area contributed by atoms with E-state index in [2.05, 4.69) is 30.0 Å². The van der Waals surface area contributed by atoms with Crippen molar-refractivity contribution in [1.29, 1.82) is 0 Å². The van der Waals surface area contributed by atoms with E-state index < -0.39 is 53.1 Å². The molecule has 0 bridgehead atoms. The summed E-state index contributed by atoms with van der Waals surface area (Å²) in [6, 6.07) is 2.66. The first-order valence-electron chi connectivity index (χ1n) is 9.39. The molecule has 0 radical (unpaired) electrons. The van der Waals surface area contributed by atoms with Gasteiger partial charge in [-0.15, -0.1) is 0 Å². The standard InChI is InChI=1S/C18H26F2IN3O5SSi/c1-18(13-8-12(21)9-14(19)15(13)20)10-30(26,27)24(2)16(23-18)29-17(25)22-11-28-6-7-31(3,4)5/h8-9H,6-7,10-11H2,1-5H3,(H,22,25). The highest BCUT2D eigenvalue weighted by Crippen LogP contribution is 2.35. The lowest BCUT2D eigenvalue weighted by Gasteiger charge is -2.35. The number of rotatable bonds is 6. The summed E-state index contributed by atoms with van der Waals surface area (Å²) in [4.78, 5) is 16.3. The van der Waals surface area contributed by atoms with Gasteiger partial charge in [-0.05, 0) is 47.7 Å². The highest BCUT2D eigenvalue weighted by molar-refractivity contribution is 14.1. The maximum atomic E-state index is 14.5. The zero-order valence-corrected chi connectivity index (χ0v) is 21.9. The average Bonchev–Trinajstić information content (AvgIpc) is 2.60. The molecular formula is C18H26F2IN3O5SSi. The Bertz CT molecular complexity index is 987. The lowest BCUT2D eigenvalue weighted by molar-refractivity contribution is 0.118. The van der Waals surface area contributed by atoms with Crippen molar-refractivity contribution in [2.45, 2.75) is 38.1 Å². The number of alkyl carbamates (subject to hydrolysis) is 1. The minimum absolute atomic E-state index is 0.124. The predicted molar refractivity (Wildman–Crippen MR) is 124 cm³/mol. The van der Waals surface area contributed by atoms with Crippen LogP contribution in [-0.2, 0) is 25.0 Å². The van der Waals surface area contributed by atoms with Gasteiger partial charge in [-0.25, -0.2) is 31.3 Å². The maximum Gasteiger partial charge on any atom is 0.416 e. The Morgan fingerprint density at radius 1 is 1.35 bits per heavy atom. The molecule has 1 amide bonds. The Morgan fingerprint density at radius 3 is 2.61 bits per heavy atom. The van der Waals surface area contributed by atoms with E-state index in [9.17, 15) is 22.0 Å². The predicted octanol–water partition coefficient (Wildman–Crippen LogP) is 3.45. The van der Waals surface area contributed by atoms with Crippen molar-refractivity contribution in [3.8, 4) is 0 Å². The van der Waals surface area contributed by atoms with E-state index in [4.69, 9.17) is 9.47 Å². The lowest BCUT2D eigenvalue weighted by atomic mass is 9.94. The third kappa shape index (κ3) is 6.83. The summed E-state index contributed by atoms with van der Waals surface area (Å²) in [6.45, 7) is 8.26. The molecule has 1 N–H and O–H groups in total. The number of ether oxygens (including phenoxy) is 2. The molecule has 31 heavy (non-hydrogen) atoms. The van der Waals surface area contributed by atoms with E-state index in [1.165, 1.54) is 13.0 Å². The number of halogens is 3. The Hall–Kier alpha value is -1.32. The SMILES string of the molecule is CN1C(OC(=O)NCOCC[Si](C)(C)C)=NC(C)(c2cc(I)cc(F)c2F)CS1(=O)=O. The van der Waals surface area contributed by atoms with Gasteiger partial charge >= 0.3 is 12.1 Å². The molecule has 0 spiro atoms. The third-order valence-electron chi connectivity index (χ3n) is 4.56. The van der Waals surface area contributed by atoms with Crippen LogP contribution in [0.5, 0.6) is 0 Å². The number of hydrogen-bond donors (Lipinski definition) is 1. The molecule has 1 atom stereocenters. The van der Waals surface area contributed by atoms with Crippen molar-refractivity contribution in [3.05, 3.63) is 32.9 Å². The number of nitrogens with one attached hydrogen (secondary N) is 1. The number of amidine groups is 1. The topological polar surface area (TPSA) is 97.3 Å². The van der Waals surface area contributed by atoms with Gasteiger partial charge in [0.25, 0.3) is 0 Å². The van der Waals surface area contributed by atoms with Gasteiger partial charge in [0.2, 0.25) is 10.0 Å². The summed E-state index contributed by atoms with van der Waals surface area (Å²) in [5.41, 5.74) is -1.94. The first-order chi connectivity index (χ1) is 14.1. The van der Waals surface area contributed by atoms with Gasteiger partial charge < -0.3 is 9.47 Å². The number of sulfonamides is 1. The highest BCUT2D eigenvalue weighted by atomic mass is 127. The number of carbonyl (C=O) groups is 1. The molecule has 2 rings (SSSR count). The summed E-state index contributed by atoms with van der Waals surface area (Å²) in [5, 5.41) is 2.36. The van der Waals surface area contributed by atoms with Crippen molar-refractivity contribution in [1.82, 2.24) is 9.62 Å². The molecule has 13 heteroatoms. The minimum atomic E-state index is -4.02. The van der Waals surface area contributed by atoms with Crippen molar-refractivity contribution < 1.29 is 31.5 Å². The summed E-state index contributed by atoms with van der Waals surface area (Å²) in [6.07, 6.45) is -0.979. The van der Waals surface area contributed by atoms with Crippen LogP contribution in [0, 0.1) is 15.2 Å². The van der Waals surface area contributed by atoms with Gasteiger partial charge in [0.15, 0.2) is 11.6 Å². The van der Waals surface area contributed by atoms with Crippen LogP contribution >= 0.6 is 22.6 Å². The number of amides is 1. The number of benzene rings is 1. The summed E-state index contributed by atoms with van der Waals surface area (Å²) in [7, 11) is -4.13. The van der Waals surface area contributed by atoms with E-state index >= 15 is 0 Å². The quantitative estimate of drug-likeness (QED) is 0.180. The second kappa shape index (κ2) is 9.66. The van der Waals surface area contributed by atoms with Gasteiger partial charge in [-0.2, -0.15) is 0 Å². The minimum Gasteiger partial charge on any atom is -0.375 e.